The van der Waals surface area contributed by atoms with Crippen LogP contribution < -0.4 is 18.9 Å². The van der Waals surface area contributed by atoms with E-state index in [4.69, 9.17) is 23.7 Å². The van der Waals surface area contributed by atoms with E-state index in [0.717, 1.165) is 0 Å². The zero-order chi connectivity index (χ0) is 20.0. The summed E-state index contributed by atoms with van der Waals surface area (Å²) in [7, 11) is 5.85. The smallest absolute Gasteiger partial charge is 0.337 e. The molecule has 0 aliphatic rings. The molecule has 7 heteroatoms. The van der Waals surface area contributed by atoms with Crippen LogP contribution in [0.3, 0.4) is 0 Å². The molecule has 1 N–H and O–H groups in total. The van der Waals surface area contributed by atoms with Crippen molar-refractivity contribution in [3.63, 3.8) is 0 Å². The number of aliphatic hydroxyl groups is 1. The van der Waals surface area contributed by atoms with Crippen molar-refractivity contribution in [2.24, 2.45) is 0 Å². The summed E-state index contributed by atoms with van der Waals surface area (Å²) in [4.78, 5) is 11.6. The van der Waals surface area contributed by atoms with Crippen LogP contribution in [0.2, 0.25) is 0 Å². The first-order chi connectivity index (χ1) is 12.9. The molecule has 2 atom stereocenters. The Balaban J connectivity index is 2.21. The van der Waals surface area contributed by atoms with E-state index < -0.39 is 18.2 Å². The van der Waals surface area contributed by atoms with Gasteiger partial charge >= 0.3 is 5.97 Å². The maximum Gasteiger partial charge on any atom is 0.337 e. The number of hydrogen-bond donors (Lipinski definition) is 1. The standard InChI is InChI=1S/C20H24O7/c1-12(19(21)13-6-8-15(23-2)17(10-13)24-3)27-16-9-7-14(20(22)26-5)11-18(16)25-4/h6-12,19,21H,1-5H3/t12-,19+/m1/s1. The Kier molecular flexibility index (Phi) is 6.90. The third-order valence-corrected chi connectivity index (χ3v) is 4.09. The highest BCUT2D eigenvalue weighted by atomic mass is 16.5. The van der Waals surface area contributed by atoms with Crippen molar-refractivity contribution in [3.05, 3.63) is 47.5 Å². The van der Waals surface area contributed by atoms with Gasteiger partial charge in [0.2, 0.25) is 0 Å². The van der Waals surface area contributed by atoms with Gasteiger partial charge in [0.1, 0.15) is 12.2 Å². The topological polar surface area (TPSA) is 83.5 Å². The number of methoxy groups -OCH3 is 4. The second-order valence-electron chi connectivity index (χ2n) is 5.74. The number of aliphatic hydroxyl groups excluding tert-OH is 1. The van der Waals surface area contributed by atoms with Crippen LogP contribution in [0.25, 0.3) is 0 Å². The maximum atomic E-state index is 11.6. The van der Waals surface area contributed by atoms with Gasteiger partial charge in [-0.15, -0.1) is 0 Å². The Morgan fingerprint density at radius 1 is 0.852 bits per heavy atom. The largest absolute Gasteiger partial charge is 0.493 e. The summed E-state index contributed by atoms with van der Waals surface area (Å²) in [6.07, 6.45) is -1.52. The lowest BCUT2D eigenvalue weighted by Crippen LogP contribution is -2.22. The molecule has 0 aromatic heterocycles. The van der Waals surface area contributed by atoms with Crippen molar-refractivity contribution in [3.8, 4) is 23.0 Å². The van der Waals surface area contributed by atoms with Crippen LogP contribution in [-0.2, 0) is 4.74 Å². The predicted octanol–water partition coefficient (Wildman–Crippen LogP) is 3.00. The number of rotatable bonds is 8. The molecule has 0 bridgehead atoms. The summed E-state index contributed by atoms with van der Waals surface area (Å²) >= 11 is 0. The molecule has 0 saturated heterocycles. The number of esters is 1. The van der Waals surface area contributed by atoms with Crippen molar-refractivity contribution in [1.82, 2.24) is 0 Å². The first-order valence-corrected chi connectivity index (χ1v) is 8.28. The SMILES string of the molecule is COC(=O)c1ccc(O[C@H](C)[C@H](O)c2ccc(OC)c(OC)c2)c(OC)c1. The van der Waals surface area contributed by atoms with Gasteiger partial charge < -0.3 is 28.8 Å². The molecular weight excluding hydrogens is 352 g/mol. The van der Waals surface area contributed by atoms with Gasteiger partial charge in [-0.3, -0.25) is 0 Å². The van der Waals surface area contributed by atoms with E-state index in [1.807, 2.05) is 0 Å². The van der Waals surface area contributed by atoms with Gasteiger partial charge in [-0.2, -0.15) is 0 Å². The minimum Gasteiger partial charge on any atom is -0.493 e. The number of carbonyl (C=O) groups is 1. The average molecular weight is 376 g/mol. The van der Waals surface area contributed by atoms with Crippen LogP contribution in [0, 0.1) is 0 Å². The van der Waals surface area contributed by atoms with Crippen molar-refractivity contribution in [2.45, 2.75) is 19.1 Å². The number of benzene rings is 2. The first kappa shape index (κ1) is 20.4. The highest BCUT2D eigenvalue weighted by Gasteiger charge is 2.22. The normalized spacial score (nSPS) is 12.7. The lowest BCUT2D eigenvalue weighted by Gasteiger charge is -2.23. The molecule has 0 aliphatic heterocycles. The van der Waals surface area contributed by atoms with Crippen molar-refractivity contribution >= 4 is 5.97 Å². The van der Waals surface area contributed by atoms with Crippen molar-refractivity contribution < 1.29 is 33.6 Å². The van der Waals surface area contributed by atoms with E-state index in [0.29, 0.717) is 34.1 Å². The molecule has 2 rings (SSSR count). The molecule has 0 unspecified atom stereocenters. The molecule has 146 valence electrons. The lowest BCUT2D eigenvalue weighted by atomic mass is 10.0. The molecule has 0 radical (unpaired) electrons. The quantitative estimate of drug-likeness (QED) is 0.709. The molecule has 7 nitrogen and oxygen atoms in total. The highest BCUT2D eigenvalue weighted by molar-refractivity contribution is 5.90. The average Bonchev–Trinajstić information content (AvgIpc) is 2.72. The molecule has 0 amide bonds. The minimum atomic E-state index is -0.921. The van der Waals surface area contributed by atoms with E-state index in [2.05, 4.69) is 0 Å². The molecule has 0 spiro atoms. The zero-order valence-corrected chi connectivity index (χ0v) is 16.0. The molecule has 2 aromatic carbocycles. The van der Waals surface area contributed by atoms with Gasteiger partial charge in [0.05, 0.1) is 34.0 Å². The zero-order valence-electron chi connectivity index (χ0n) is 16.0. The van der Waals surface area contributed by atoms with Crippen molar-refractivity contribution in [1.29, 1.82) is 0 Å². The Hall–Kier alpha value is -2.93. The van der Waals surface area contributed by atoms with Gasteiger partial charge in [-0.05, 0) is 42.8 Å². The fourth-order valence-corrected chi connectivity index (χ4v) is 2.58. The molecule has 0 saturated carbocycles. The van der Waals surface area contributed by atoms with Crippen LogP contribution in [0.5, 0.6) is 23.0 Å². The second-order valence-corrected chi connectivity index (χ2v) is 5.74. The fourth-order valence-electron chi connectivity index (χ4n) is 2.58. The summed E-state index contributed by atoms with van der Waals surface area (Å²) in [5, 5.41) is 10.6. The minimum absolute atomic E-state index is 0.342. The second kappa shape index (κ2) is 9.14. The van der Waals surface area contributed by atoms with Crippen molar-refractivity contribution in [2.75, 3.05) is 28.4 Å². The maximum absolute atomic E-state index is 11.6. The summed E-state index contributed by atoms with van der Waals surface area (Å²) in [5.74, 6) is 1.38. The Morgan fingerprint density at radius 2 is 1.44 bits per heavy atom. The van der Waals surface area contributed by atoms with E-state index in [1.54, 1.807) is 44.4 Å². The van der Waals surface area contributed by atoms with Gasteiger partial charge in [0.15, 0.2) is 23.0 Å². The Bertz CT molecular complexity index is 788. The third-order valence-electron chi connectivity index (χ3n) is 4.09. The summed E-state index contributed by atoms with van der Waals surface area (Å²) in [5.41, 5.74) is 0.958. The summed E-state index contributed by atoms with van der Waals surface area (Å²) < 4.78 is 26.3. The number of ether oxygens (including phenoxy) is 5. The molecule has 27 heavy (non-hydrogen) atoms. The number of carbonyl (C=O) groups excluding carboxylic acids is 1. The van der Waals surface area contributed by atoms with E-state index in [9.17, 15) is 9.90 Å². The van der Waals surface area contributed by atoms with Crippen LogP contribution in [-0.4, -0.2) is 45.6 Å². The number of hydrogen-bond acceptors (Lipinski definition) is 7. The third kappa shape index (κ3) is 4.62. The summed E-state index contributed by atoms with van der Waals surface area (Å²) in [6.45, 7) is 1.73. The molecular formula is C20H24O7. The van der Waals surface area contributed by atoms with E-state index in [-0.39, 0.29) is 0 Å². The first-order valence-electron chi connectivity index (χ1n) is 8.28. The van der Waals surface area contributed by atoms with Gasteiger partial charge in [-0.25, -0.2) is 4.79 Å². The predicted molar refractivity (Wildman–Crippen MR) is 98.9 cm³/mol. The molecule has 0 aliphatic carbocycles. The molecule has 2 aromatic rings. The highest BCUT2D eigenvalue weighted by Crippen LogP contribution is 2.34. The fraction of sp³-hybridized carbons (Fsp3) is 0.350. The van der Waals surface area contributed by atoms with E-state index >= 15 is 0 Å². The Morgan fingerprint density at radius 3 is 2.04 bits per heavy atom. The monoisotopic (exact) mass is 376 g/mol. The van der Waals surface area contributed by atoms with Crippen LogP contribution in [0.15, 0.2) is 36.4 Å². The van der Waals surface area contributed by atoms with Gasteiger partial charge in [0.25, 0.3) is 0 Å². The van der Waals surface area contributed by atoms with Crippen LogP contribution in [0.4, 0.5) is 0 Å². The molecule has 0 fully saturated rings. The summed E-state index contributed by atoms with van der Waals surface area (Å²) in [6, 6.07) is 9.85. The molecule has 0 heterocycles. The lowest BCUT2D eigenvalue weighted by molar-refractivity contribution is 0.0448. The van der Waals surface area contributed by atoms with Gasteiger partial charge in [-0.1, -0.05) is 6.07 Å². The van der Waals surface area contributed by atoms with E-state index in [1.165, 1.54) is 27.4 Å². The van der Waals surface area contributed by atoms with Crippen LogP contribution in [0.1, 0.15) is 28.9 Å². The van der Waals surface area contributed by atoms with Gasteiger partial charge in [0, 0.05) is 0 Å². The Labute approximate surface area is 158 Å². The van der Waals surface area contributed by atoms with Crippen LogP contribution >= 0.6 is 0 Å².